The fraction of sp³-hybridized carbons (Fsp3) is 0.263. The van der Waals surface area contributed by atoms with Gasteiger partial charge in [0.05, 0.1) is 17.4 Å². The van der Waals surface area contributed by atoms with Crippen LogP contribution in [0.5, 0.6) is 0 Å². The zero-order valence-corrected chi connectivity index (χ0v) is 15.5. The molecule has 0 bridgehead atoms. The second kappa shape index (κ2) is 6.49. The van der Waals surface area contributed by atoms with Gasteiger partial charge in [0.25, 0.3) is 5.91 Å². The number of hydrogen-bond donors (Lipinski definition) is 0. The lowest BCUT2D eigenvalue weighted by Gasteiger charge is -2.43. The van der Waals surface area contributed by atoms with Crippen molar-refractivity contribution in [2.24, 2.45) is 0 Å². The van der Waals surface area contributed by atoms with Crippen LogP contribution in [-0.4, -0.2) is 21.5 Å². The van der Waals surface area contributed by atoms with Crippen molar-refractivity contribution in [3.05, 3.63) is 53.6 Å². The number of rotatable bonds is 2. The van der Waals surface area contributed by atoms with E-state index in [0.29, 0.717) is 24.6 Å². The highest BCUT2D eigenvalue weighted by Gasteiger charge is 2.59. The fourth-order valence-electron chi connectivity index (χ4n) is 3.68. The van der Waals surface area contributed by atoms with Gasteiger partial charge in [0.15, 0.2) is 10.8 Å². The molecule has 2 heterocycles. The van der Waals surface area contributed by atoms with Crippen LogP contribution in [-0.2, 0) is 11.0 Å². The molecular formula is C19H12F4N4OS. The van der Waals surface area contributed by atoms with Gasteiger partial charge in [0.2, 0.25) is 0 Å². The Bertz CT molecular complexity index is 1060. The van der Waals surface area contributed by atoms with Gasteiger partial charge in [-0.25, -0.2) is 9.37 Å². The van der Waals surface area contributed by atoms with Gasteiger partial charge in [-0.15, -0.1) is 0 Å². The van der Waals surface area contributed by atoms with E-state index in [2.05, 4.69) is 4.98 Å². The molecule has 2 aromatic rings. The van der Waals surface area contributed by atoms with Crippen molar-refractivity contribution >= 4 is 34.6 Å². The van der Waals surface area contributed by atoms with Crippen molar-refractivity contribution in [2.75, 3.05) is 9.80 Å². The lowest BCUT2D eigenvalue weighted by molar-refractivity contribution is -0.138. The third-order valence-corrected chi connectivity index (χ3v) is 5.59. The molecule has 1 aromatic heterocycles. The number of carbonyl (C=O) groups is 1. The standard InChI is InChI=1S/C19H12F4N4OS/c20-11-2-4-12(5-3-11)27-17(29)26(16(28)18(27)6-1-7-18)13-8-14(19(21,22)23)15(9-24)25-10-13/h2-5,8,10H,1,6-7H2. The van der Waals surface area contributed by atoms with Gasteiger partial charge in [-0.05, 0) is 61.8 Å². The molecule has 2 fully saturated rings. The summed E-state index contributed by atoms with van der Waals surface area (Å²) in [5.41, 5.74) is -2.73. The van der Waals surface area contributed by atoms with Crippen LogP contribution in [0, 0.1) is 17.1 Å². The summed E-state index contributed by atoms with van der Waals surface area (Å²) in [5, 5.41) is 8.91. The monoisotopic (exact) mass is 420 g/mol. The molecule has 1 aliphatic heterocycles. The Balaban J connectivity index is 1.82. The van der Waals surface area contributed by atoms with E-state index in [1.807, 2.05) is 0 Å². The normalized spacial score (nSPS) is 18.2. The number of benzene rings is 1. The number of halogens is 4. The number of aromatic nitrogens is 1. The van der Waals surface area contributed by atoms with Crippen LogP contribution >= 0.6 is 12.2 Å². The molecular weight excluding hydrogens is 408 g/mol. The van der Waals surface area contributed by atoms with E-state index >= 15 is 0 Å². The molecule has 29 heavy (non-hydrogen) atoms. The average molecular weight is 420 g/mol. The first kappa shape index (κ1) is 19.3. The van der Waals surface area contributed by atoms with Crippen LogP contribution in [0.1, 0.15) is 30.5 Å². The SMILES string of the molecule is N#Cc1ncc(N2C(=O)C3(CCC3)N(c3ccc(F)cc3)C2=S)cc1C(F)(F)F. The van der Waals surface area contributed by atoms with E-state index in [0.717, 1.165) is 17.5 Å². The van der Waals surface area contributed by atoms with Crippen molar-refractivity contribution < 1.29 is 22.4 Å². The van der Waals surface area contributed by atoms with Crippen LogP contribution in [0.3, 0.4) is 0 Å². The fourth-order valence-corrected chi connectivity index (χ4v) is 4.15. The number of anilines is 2. The summed E-state index contributed by atoms with van der Waals surface area (Å²) in [7, 11) is 0. The Morgan fingerprint density at radius 2 is 1.83 bits per heavy atom. The Hall–Kier alpha value is -3.06. The quantitative estimate of drug-likeness (QED) is 0.539. The Labute approximate surface area is 168 Å². The molecule has 148 valence electrons. The Morgan fingerprint density at radius 1 is 1.17 bits per heavy atom. The molecule has 4 rings (SSSR count). The summed E-state index contributed by atoms with van der Waals surface area (Å²) >= 11 is 5.45. The highest BCUT2D eigenvalue weighted by molar-refractivity contribution is 7.81. The maximum absolute atomic E-state index is 13.3. The first-order chi connectivity index (χ1) is 13.7. The van der Waals surface area contributed by atoms with Crippen molar-refractivity contribution in [3.63, 3.8) is 0 Å². The number of amides is 1. The smallest absolute Gasteiger partial charge is 0.303 e. The van der Waals surface area contributed by atoms with E-state index in [1.54, 1.807) is 4.90 Å². The summed E-state index contributed by atoms with van der Waals surface area (Å²) in [6.07, 6.45) is -2.10. The predicted octanol–water partition coefficient (Wildman–Crippen LogP) is 4.17. The van der Waals surface area contributed by atoms with Gasteiger partial charge >= 0.3 is 6.18 Å². The van der Waals surface area contributed by atoms with Gasteiger partial charge in [-0.1, -0.05) is 0 Å². The van der Waals surface area contributed by atoms with Crippen LogP contribution in [0.15, 0.2) is 36.5 Å². The van der Waals surface area contributed by atoms with Gasteiger partial charge in [-0.3, -0.25) is 9.69 Å². The number of nitrogens with zero attached hydrogens (tertiary/aromatic N) is 4. The highest BCUT2D eigenvalue weighted by Crippen LogP contribution is 2.48. The highest BCUT2D eigenvalue weighted by atomic mass is 32.1. The molecule has 1 amide bonds. The second-order valence-electron chi connectivity index (χ2n) is 6.82. The molecule has 1 aromatic carbocycles. The van der Waals surface area contributed by atoms with E-state index in [1.165, 1.54) is 30.3 Å². The second-order valence-corrected chi connectivity index (χ2v) is 7.18. The Kier molecular flexibility index (Phi) is 4.31. The van der Waals surface area contributed by atoms with Crippen molar-refractivity contribution in [2.45, 2.75) is 31.0 Å². The lowest BCUT2D eigenvalue weighted by Crippen LogP contribution is -2.55. The minimum Gasteiger partial charge on any atom is -0.303 e. The summed E-state index contributed by atoms with van der Waals surface area (Å²) in [4.78, 5) is 19.4. The molecule has 1 saturated heterocycles. The van der Waals surface area contributed by atoms with Crippen molar-refractivity contribution in [3.8, 4) is 6.07 Å². The minimum absolute atomic E-state index is 0.0130. The van der Waals surface area contributed by atoms with Crippen molar-refractivity contribution in [1.82, 2.24) is 4.98 Å². The third-order valence-electron chi connectivity index (χ3n) is 5.22. The molecule has 0 unspecified atom stereocenters. The molecule has 1 saturated carbocycles. The third kappa shape index (κ3) is 2.84. The number of carbonyl (C=O) groups excluding carboxylic acids is 1. The molecule has 0 N–H and O–H groups in total. The molecule has 0 radical (unpaired) electrons. The number of alkyl halides is 3. The van der Waals surface area contributed by atoms with Crippen LogP contribution in [0.2, 0.25) is 0 Å². The van der Waals surface area contributed by atoms with Gasteiger partial charge < -0.3 is 4.90 Å². The molecule has 1 aliphatic carbocycles. The summed E-state index contributed by atoms with van der Waals surface area (Å²) < 4.78 is 53.3. The number of nitriles is 1. The number of hydrogen-bond acceptors (Lipinski definition) is 4. The van der Waals surface area contributed by atoms with Crippen LogP contribution < -0.4 is 9.80 Å². The maximum Gasteiger partial charge on any atom is 0.419 e. The van der Waals surface area contributed by atoms with Gasteiger partial charge in [0.1, 0.15) is 17.4 Å². The molecule has 2 aliphatic rings. The topological polar surface area (TPSA) is 60.2 Å². The molecule has 0 atom stereocenters. The maximum atomic E-state index is 13.3. The van der Waals surface area contributed by atoms with Crippen LogP contribution in [0.25, 0.3) is 0 Å². The van der Waals surface area contributed by atoms with E-state index in [4.69, 9.17) is 17.5 Å². The summed E-state index contributed by atoms with van der Waals surface area (Å²) in [5.74, 6) is -0.923. The van der Waals surface area contributed by atoms with E-state index < -0.39 is 34.7 Å². The first-order valence-corrected chi connectivity index (χ1v) is 9.01. The van der Waals surface area contributed by atoms with E-state index in [-0.39, 0.29) is 10.8 Å². The Morgan fingerprint density at radius 3 is 2.34 bits per heavy atom. The molecule has 5 nitrogen and oxygen atoms in total. The minimum atomic E-state index is -4.82. The summed E-state index contributed by atoms with van der Waals surface area (Å²) in [6, 6.07) is 7.50. The number of thiocarbonyl (C=S) groups is 1. The molecule has 10 heteroatoms. The zero-order valence-electron chi connectivity index (χ0n) is 14.7. The summed E-state index contributed by atoms with van der Waals surface area (Å²) in [6.45, 7) is 0. The largest absolute Gasteiger partial charge is 0.419 e. The van der Waals surface area contributed by atoms with E-state index in [9.17, 15) is 22.4 Å². The van der Waals surface area contributed by atoms with Gasteiger partial charge in [0, 0.05) is 5.69 Å². The predicted molar refractivity (Wildman–Crippen MR) is 99.5 cm³/mol. The van der Waals surface area contributed by atoms with Crippen molar-refractivity contribution in [1.29, 1.82) is 5.26 Å². The lowest BCUT2D eigenvalue weighted by atomic mass is 9.75. The zero-order chi connectivity index (χ0) is 21.0. The number of pyridine rings is 1. The average Bonchev–Trinajstić information content (AvgIpc) is 2.88. The molecule has 1 spiro atoms. The first-order valence-electron chi connectivity index (χ1n) is 8.61. The van der Waals surface area contributed by atoms with Gasteiger partial charge in [-0.2, -0.15) is 18.4 Å². The van der Waals surface area contributed by atoms with Crippen LogP contribution in [0.4, 0.5) is 28.9 Å².